The molecule has 0 fully saturated rings. The van der Waals surface area contributed by atoms with E-state index in [2.05, 4.69) is 19.7 Å². The topological polar surface area (TPSA) is 46.6 Å². The van der Waals surface area contributed by atoms with Crippen molar-refractivity contribution in [3.63, 3.8) is 0 Å². The van der Waals surface area contributed by atoms with Gasteiger partial charge in [-0.25, -0.2) is 4.79 Å². The van der Waals surface area contributed by atoms with Crippen LogP contribution in [0.2, 0.25) is 0 Å². The first-order valence-corrected chi connectivity index (χ1v) is 11.4. The number of amides is 1. The lowest BCUT2D eigenvalue weighted by Gasteiger charge is -2.37. The highest BCUT2D eigenvalue weighted by Crippen LogP contribution is 2.33. The predicted molar refractivity (Wildman–Crippen MR) is 134 cm³/mol. The minimum atomic E-state index is -0.583. The molecule has 0 bridgehead atoms. The summed E-state index contributed by atoms with van der Waals surface area (Å²) in [6.45, 7) is 11.9. The second-order valence-electron chi connectivity index (χ2n) is 9.85. The van der Waals surface area contributed by atoms with Crippen LogP contribution in [0.1, 0.15) is 43.1 Å². The third kappa shape index (κ3) is 6.42. The van der Waals surface area contributed by atoms with E-state index in [4.69, 9.17) is 4.74 Å². The lowest BCUT2D eigenvalue weighted by atomic mass is 9.95. The molecule has 1 unspecified atom stereocenters. The number of hydrogen-bond acceptors (Lipinski definition) is 3. The molecular formula is C28H35N2O3+. The SMILES string of the molecule is C=CCN(C(=O)OC(C)(C)C)c1ccccc1C1=CC[N+](C)(CC(=O)c2ccccc2)CC1. The minimum Gasteiger partial charge on any atom is -0.443 e. The second kappa shape index (κ2) is 10.2. The number of Topliss-reactive ketones (excluding diaryl/α,β-unsaturated/α-hetero) is 1. The minimum absolute atomic E-state index is 0.164. The summed E-state index contributed by atoms with van der Waals surface area (Å²) in [4.78, 5) is 27.3. The molecular weight excluding hydrogens is 412 g/mol. The Morgan fingerprint density at radius 2 is 1.76 bits per heavy atom. The molecule has 1 atom stereocenters. The first-order valence-electron chi connectivity index (χ1n) is 11.4. The number of para-hydroxylation sites is 1. The Morgan fingerprint density at radius 1 is 1.09 bits per heavy atom. The van der Waals surface area contributed by atoms with E-state index >= 15 is 0 Å². The van der Waals surface area contributed by atoms with Crippen LogP contribution in [-0.2, 0) is 4.74 Å². The Labute approximate surface area is 197 Å². The molecule has 33 heavy (non-hydrogen) atoms. The lowest BCUT2D eigenvalue weighted by Crippen LogP contribution is -2.50. The van der Waals surface area contributed by atoms with E-state index in [0.717, 1.165) is 36.3 Å². The van der Waals surface area contributed by atoms with Gasteiger partial charge in [-0.15, -0.1) is 6.58 Å². The maximum atomic E-state index is 12.9. The highest BCUT2D eigenvalue weighted by Gasteiger charge is 2.31. The highest BCUT2D eigenvalue weighted by atomic mass is 16.6. The van der Waals surface area contributed by atoms with Gasteiger partial charge in [0.25, 0.3) is 0 Å². The average Bonchev–Trinajstić information content (AvgIpc) is 2.77. The van der Waals surface area contributed by atoms with E-state index in [9.17, 15) is 9.59 Å². The van der Waals surface area contributed by atoms with Crippen molar-refractivity contribution in [3.8, 4) is 0 Å². The van der Waals surface area contributed by atoms with Crippen molar-refractivity contribution in [2.75, 3.05) is 38.1 Å². The van der Waals surface area contributed by atoms with E-state index in [1.807, 2.05) is 75.4 Å². The van der Waals surface area contributed by atoms with Gasteiger partial charge in [0, 0.05) is 24.1 Å². The fourth-order valence-electron chi connectivity index (χ4n) is 4.06. The first-order chi connectivity index (χ1) is 15.6. The molecule has 2 aromatic rings. The molecule has 5 heteroatoms. The molecule has 3 rings (SSSR count). The number of ketones is 1. The van der Waals surface area contributed by atoms with Crippen molar-refractivity contribution in [3.05, 3.63) is 84.5 Å². The van der Waals surface area contributed by atoms with Crippen molar-refractivity contribution in [1.29, 1.82) is 0 Å². The van der Waals surface area contributed by atoms with Gasteiger partial charge in [0.1, 0.15) is 12.1 Å². The van der Waals surface area contributed by atoms with Crippen molar-refractivity contribution >= 4 is 23.1 Å². The summed E-state index contributed by atoms with van der Waals surface area (Å²) in [5, 5.41) is 0. The van der Waals surface area contributed by atoms with Crippen molar-refractivity contribution in [2.45, 2.75) is 32.8 Å². The van der Waals surface area contributed by atoms with Crippen LogP contribution in [0.3, 0.4) is 0 Å². The Kier molecular flexibility index (Phi) is 7.54. The molecule has 5 nitrogen and oxygen atoms in total. The van der Waals surface area contributed by atoms with Crippen LogP contribution in [0, 0.1) is 0 Å². The van der Waals surface area contributed by atoms with Gasteiger partial charge in [-0.1, -0.05) is 54.6 Å². The van der Waals surface area contributed by atoms with Gasteiger partial charge in [-0.05, 0) is 38.5 Å². The zero-order valence-electron chi connectivity index (χ0n) is 20.2. The number of anilines is 1. The summed E-state index contributed by atoms with van der Waals surface area (Å²) in [7, 11) is 2.13. The summed E-state index contributed by atoms with van der Waals surface area (Å²) >= 11 is 0. The van der Waals surface area contributed by atoms with Crippen molar-refractivity contribution < 1.29 is 18.8 Å². The molecule has 0 spiro atoms. The maximum absolute atomic E-state index is 12.9. The van der Waals surface area contributed by atoms with Gasteiger partial charge in [0.2, 0.25) is 5.78 Å². The number of benzene rings is 2. The summed E-state index contributed by atoms with van der Waals surface area (Å²) in [6, 6.07) is 17.4. The molecule has 174 valence electrons. The number of carbonyl (C=O) groups is 2. The van der Waals surface area contributed by atoms with E-state index in [1.54, 1.807) is 11.0 Å². The normalized spacial score (nSPS) is 18.2. The number of ether oxygens (including phenoxy) is 1. The largest absolute Gasteiger partial charge is 0.443 e. The molecule has 1 aliphatic heterocycles. The zero-order chi connectivity index (χ0) is 24.1. The molecule has 1 heterocycles. The molecule has 1 amide bonds. The second-order valence-corrected chi connectivity index (χ2v) is 9.85. The zero-order valence-corrected chi connectivity index (χ0v) is 20.2. The Hall–Kier alpha value is -3.18. The van der Waals surface area contributed by atoms with Gasteiger partial charge < -0.3 is 9.22 Å². The van der Waals surface area contributed by atoms with Crippen molar-refractivity contribution in [1.82, 2.24) is 0 Å². The molecule has 0 aliphatic carbocycles. The monoisotopic (exact) mass is 447 g/mol. The summed E-state index contributed by atoms with van der Waals surface area (Å²) in [5.74, 6) is 0.164. The summed E-state index contributed by atoms with van der Waals surface area (Å²) in [6.07, 6.45) is 4.35. The third-order valence-corrected chi connectivity index (χ3v) is 5.79. The van der Waals surface area contributed by atoms with E-state index in [-0.39, 0.29) is 11.9 Å². The Morgan fingerprint density at radius 3 is 2.36 bits per heavy atom. The highest BCUT2D eigenvalue weighted by molar-refractivity contribution is 5.97. The van der Waals surface area contributed by atoms with Crippen LogP contribution >= 0.6 is 0 Å². The quantitative estimate of drug-likeness (QED) is 0.309. The van der Waals surface area contributed by atoms with E-state index in [1.165, 1.54) is 5.57 Å². The molecule has 0 radical (unpaired) electrons. The smallest absolute Gasteiger partial charge is 0.415 e. The third-order valence-electron chi connectivity index (χ3n) is 5.79. The fourth-order valence-corrected chi connectivity index (χ4v) is 4.06. The van der Waals surface area contributed by atoms with Crippen LogP contribution in [-0.4, -0.2) is 55.2 Å². The van der Waals surface area contributed by atoms with Gasteiger partial charge in [0.15, 0.2) is 0 Å². The van der Waals surface area contributed by atoms with Crippen molar-refractivity contribution in [2.24, 2.45) is 0 Å². The first kappa shape index (κ1) is 24.5. The molecule has 0 N–H and O–H groups in total. The number of rotatable bonds is 7. The standard InChI is InChI=1S/C28H35N2O3/c1-6-18-29(27(32)33-28(2,3)4)25-15-11-10-14-24(25)22-16-19-30(5,20-17-22)21-26(31)23-12-8-7-9-13-23/h6-16H,1,17-21H2,2-5H3/q+1. The van der Waals surface area contributed by atoms with Gasteiger partial charge >= 0.3 is 6.09 Å². The number of carbonyl (C=O) groups excluding carboxylic acids is 2. The molecule has 0 saturated heterocycles. The number of nitrogens with zero attached hydrogens (tertiary/aromatic N) is 2. The van der Waals surface area contributed by atoms with Crippen LogP contribution in [0.15, 0.2) is 73.3 Å². The molecule has 0 saturated carbocycles. The molecule has 0 aromatic heterocycles. The predicted octanol–water partition coefficient (Wildman–Crippen LogP) is 5.73. The van der Waals surface area contributed by atoms with E-state index in [0.29, 0.717) is 17.6 Å². The van der Waals surface area contributed by atoms with Gasteiger partial charge in [0.05, 0.1) is 25.8 Å². The van der Waals surface area contributed by atoms with E-state index < -0.39 is 5.60 Å². The van der Waals surface area contributed by atoms with Crippen LogP contribution in [0.5, 0.6) is 0 Å². The average molecular weight is 448 g/mol. The number of likely N-dealkylation sites (N-methyl/N-ethyl adjacent to an activating group) is 1. The number of hydrogen-bond donors (Lipinski definition) is 0. The lowest BCUT2D eigenvalue weighted by molar-refractivity contribution is -0.896. The maximum Gasteiger partial charge on any atom is 0.415 e. The van der Waals surface area contributed by atoms with Crippen LogP contribution in [0.4, 0.5) is 10.5 Å². The number of quaternary nitrogens is 1. The van der Waals surface area contributed by atoms with Gasteiger partial charge in [-0.2, -0.15) is 0 Å². The Bertz CT molecular complexity index is 1040. The van der Waals surface area contributed by atoms with Crippen LogP contribution < -0.4 is 4.90 Å². The summed E-state index contributed by atoms with van der Waals surface area (Å²) in [5.41, 5.74) is 3.20. The Balaban J connectivity index is 1.82. The van der Waals surface area contributed by atoms with Crippen LogP contribution in [0.25, 0.3) is 5.57 Å². The van der Waals surface area contributed by atoms with Gasteiger partial charge in [-0.3, -0.25) is 9.69 Å². The summed E-state index contributed by atoms with van der Waals surface area (Å²) < 4.78 is 6.32. The fraction of sp³-hybridized carbons (Fsp3) is 0.357. The molecule has 2 aromatic carbocycles. The molecule has 1 aliphatic rings.